The summed E-state index contributed by atoms with van der Waals surface area (Å²) in [4.78, 5) is 11.4. The third kappa shape index (κ3) is 1.69. The molecule has 0 saturated heterocycles. The summed E-state index contributed by atoms with van der Waals surface area (Å²) in [5, 5.41) is 12.5. The van der Waals surface area contributed by atoms with E-state index in [1.165, 1.54) is 0 Å². The molecule has 0 bridgehead atoms. The number of carbonyl (C=O) groups excluding carboxylic acids is 1. The van der Waals surface area contributed by atoms with Crippen LogP contribution in [0, 0.1) is 6.92 Å². The molecular weight excluding hydrogens is 218 g/mol. The van der Waals surface area contributed by atoms with Crippen molar-refractivity contribution in [1.82, 2.24) is 0 Å². The van der Waals surface area contributed by atoms with Gasteiger partial charge in [-0.05, 0) is 24.5 Å². The Morgan fingerprint density at radius 3 is 3.12 bits per heavy atom. The van der Waals surface area contributed by atoms with E-state index in [-0.39, 0.29) is 5.91 Å². The molecule has 1 atom stereocenters. The van der Waals surface area contributed by atoms with E-state index in [2.05, 4.69) is 5.32 Å². The summed E-state index contributed by atoms with van der Waals surface area (Å²) in [6.07, 6.45) is 1.45. The highest BCUT2D eigenvalue weighted by molar-refractivity contribution is 5.95. The molecule has 0 aromatic heterocycles. The van der Waals surface area contributed by atoms with E-state index < -0.39 is 6.10 Å². The van der Waals surface area contributed by atoms with Gasteiger partial charge in [-0.25, -0.2) is 0 Å². The van der Waals surface area contributed by atoms with Gasteiger partial charge >= 0.3 is 0 Å². The molecule has 2 N–H and O–H groups in total. The Bertz CT molecular complexity index is 496. The average Bonchev–Trinajstić information content (AvgIpc) is 2.29. The highest BCUT2D eigenvalue weighted by Gasteiger charge is 2.27. The Labute approximate surface area is 99.6 Å². The first-order valence-electron chi connectivity index (χ1n) is 5.91. The molecule has 0 radical (unpaired) electrons. The number of fused-ring (bicyclic) bond motifs is 3. The minimum absolute atomic E-state index is 0.0661. The van der Waals surface area contributed by atoms with Crippen LogP contribution in [0.5, 0.6) is 5.75 Å². The van der Waals surface area contributed by atoms with Gasteiger partial charge in [0.25, 0.3) is 0 Å². The number of aliphatic hydroxyl groups is 1. The zero-order chi connectivity index (χ0) is 12.0. The van der Waals surface area contributed by atoms with Crippen LogP contribution >= 0.6 is 0 Å². The van der Waals surface area contributed by atoms with Crippen molar-refractivity contribution >= 4 is 11.6 Å². The number of hydrogen-bond donors (Lipinski definition) is 2. The maximum Gasteiger partial charge on any atom is 0.224 e. The summed E-state index contributed by atoms with van der Waals surface area (Å²) < 4.78 is 5.62. The van der Waals surface area contributed by atoms with Gasteiger partial charge in [0.05, 0.1) is 11.8 Å². The lowest BCUT2D eigenvalue weighted by Gasteiger charge is -2.29. The van der Waals surface area contributed by atoms with Crippen molar-refractivity contribution in [1.29, 1.82) is 0 Å². The molecule has 90 valence electrons. The number of hydrogen-bond acceptors (Lipinski definition) is 3. The number of aliphatic hydroxyl groups excluding tert-OH is 1. The number of amides is 1. The van der Waals surface area contributed by atoms with Crippen molar-refractivity contribution in [2.75, 3.05) is 11.9 Å². The summed E-state index contributed by atoms with van der Waals surface area (Å²) >= 11 is 0. The first-order valence-corrected chi connectivity index (χ1v) is 5.91. The summed E-state index contributed by atoms with van der Waals surface area (Å²) in [5.41, 5.74) is 4.09. The zero-order valence-electron chi connectivity index (χ0n) is 9.75. The Balaban J connectivity index is 2.13. The Hall–Kier alpha value is -1.55. The summed E-state index contributed by atoms with van der Waals surface area (Å²) in [5.74, 6) is 0.937. The molecule has 1 unspecified atom stereocenters. The molecular formula is C13H15NO3. The van der Waals surface area contributed by atoms with Gasteiger partial charge in [0.1, 0.15) is 12.4 Å². The average molecular weight is 233 g/mol. The summed E-state index contributed by atoms with van der Waals surface area (Å²) in [6.45, 7) is 2.32. The second-order valence-corrected chi connectivity index (χ2v) is 4.75. The second kappa shape index (κ2) is 3.74. The molecule has 2 heterocycles. The van der Waals surface area contributed by atoms with Crippen molar-refractivity contribution in [3.8, 4) is 5.75 Å². The van der Waals surface area contributed by atoms with E-state index >= 15 is 0 Å². The highest BCUT2D eigenvalue weighted by Crippen LogP contribution is 2.39. The van der Waals surface area contributed by atoms with Crippen LogP contribution in [0.25, 0.3) is 0 Å². The third-order valence-corrected chi connectivity index (χ3v) is 3.39. The van der Waals surface area contributed by atoms with Gasteiger partial charge in [0.2, 0.25) is 5.91 Å². The fourth-order valence-electron chi connectivity index (χ4n) is 2.62. The highest BCUT2D eigenvalue weighted by atomic mass is 16.5. The van der Waals surface area contributed by atoms with Crippen LogP contribution < -0.4 is 10.1 Å². The maximum absolute atomic E-state index is 11.4. The predicted octanol–water partition coefficient (Wildman–Crippen LogP) is 1.18. The predicted molar refractivity (Wildman–Crippen MR) is 63.3 cm³/mol. The van der Waals surface area contributed by atoms with Crippen LogP contribution in [0.4, 0.5) is 5.69 Å². The normalized spacial score (nSPS) is 22.2. The molecule has 3 rings (SSSR count). The SMILES string of the molecule is Cc1cc2c(c3c1NC(=O)CC3)OCC(O)C2. The van der Waals surface area contributed by atoms with Crippen LogP contribution in [-0.2, 0) is 17.6 Å². The minimum Gasteiger partial charge on any atom is -0.490 e. The molecule has 2 aliphatic heterocycles. The van der Waals surface area contributed by atoms with E-state index in [0.29, 0.717) is 19.4 Å². The van der Waals surface area contributed by atoms with Crippen LogP contribution in [0.1, 0.15) is 23.1 Å². The van der Waals surface area contributed by atoms with Gasteiger partial charge in [0, 0.05) is 18.4 Å². The molecule has 1 aromatic carbocycles. The van der Waals surface area contributed by atoms with Gasteiger partial charge in [-0.15, -0.1) is 0 Å². The maximum atomic E-state index is 11.4. The van der Waals surface area contributed by atoms with Gasteiger partial charge in [-0.1, -0.05) is 6.07 Å². The molecule has 0 spiro atoms. The number of anilines is 1. The first kappa shape index (κ1) is 10.6. The Morgan fingerprint density at radius 1 is 1.47 bits per heavy atom. The number of rotatable bonds is 0. The standard InChI is InChI=1S/C13H15NO3/c1-7-4-8-5-9(15)6-17-13(8)10-2-3-11(16)14-12(7)10/h4,9,15H,2-3,5-6H2,1H3,(H,14,16). The molecule has 4 nitrogen and oxygen atoms in total. The lowest BCUT2D eigenvalue weighted by atomic mass is 9.92. The molecule has 0 aliphatic carbocycles. The smallest absolute Gasteiger partial charge is 0.224 e. The number of benzene rings is 1. The van der Waals surface area contributed by atoms with Gasteiger partial charge in [-0.2, -0.15) is 0 Å². The zero-order valence-corrected chi connectivity index (χ0v) is 9.75. The summed E-state index contributed by atoms with van der Waals surface area (Å²) in [6, 6.07) is 2.00. The molecule has 2 aliphatic rings. The Kier molecular flexibility index (Phi) is 2.33. The molecule has 4 heteroatoms. The van der Waals surface area contributed by atoms with E-state index in [0.717, 1.165) is 34.5 Å². The van der Waals surface area contributed by atoms with Crippen molar-refractivity contribution < 1.29 is 14.6 Å². The van der Waals surface area contributed by atoms with Gasteiger partial charge in [0.15, 0.2) is 0 Å². The van der Waals surface area contributed by atoms with E-state index in [4.69, 9.17) is 4.74 Å². The first-order chi connectivity index (χ1) is 8.15. The van der Waals surface area contributed by atoms with Crippen LogP contribution in [-0.4, -0.2) is 23.7 Å². The van der Waals surface area contributed by atoms with E-state index in [1.54, 1.807) is 0 Å². The molecule has 0 fully saturated rings. The lowest BCUT2D eigenvalue weighted by molar-refractivity contribution is -0.116. The topological polar surface area (TPSA) is 58.6 Å². The number of nitrogens with one attached hydrogen (secondary N) is 1. The third-order valence-electron chi connectivity index (χ3n) is 3.39. The number of ether oxygens (including phenoxy) is 1. The molecule has 1 aromatic rings. The monoisotopic (exact) mass is 233 g/mol. The largest absolute Gasteiger partial charge is 0.490 e. The fourth-order valence-corrected chi connectivity index (χ4v) is 2.62. The van der Waals surface area contributed by atoms with Crippen LogP contribution in [0.2, 0.25) is 0 Å². The number of carbonyl (C=O) groups is 1. The lowest BCUT2D eigenvalue weighted by Crippen LogP contribution is -2.28. The number of aryl methyl sites for hydroxylation is 1. The minimum atomic E-state index is -0.418. The Morgan fingerprint density at radius 2 is 2.29 bits per heavy atom. The van der Waals surface area contributed by atoms with E-state index in [9.17, 15) is 9.90 Å². The van der Waals surface area contributed by atoms with Gasteiger partial charge in [-0.3, -0.25) is 4.79 Å². The van der Waals surface area contributed by atoms with Crippen molar-refractivity contribution in [2.24, 2.45) is 0 Å². The molecule has 1 amide bonds. The second-order valence-electron chi connectivity index (χ2n) is 4.75. The van der Waals surface area contributed by atoms with Crippen LogP contribution in [0.15, 0.2) is 6.07 Å². The van der Waals surface area contributed by atoms with Crippen molar-refractivity contribution in [3.05, 3.63) is 22.8 Å². The fraction of sp³-hybridized carbons (Fsp3) is 0.462. The van der Waals surface area contributed by atoms with Crippen molar-refractivity contribution in [2.45, 2.75) is 32.3 Å². The van der Waals surface area contributed by atoms with E-state index in [1.807, 2.05) is 13.0 Å². The molecule has 17 heavy (non-hydrogen) atoms. The summed E-state index contributed by atoms with van der Waals surface area (Å²) in [7, 11) is 0. The van der Waals surface area contributed by atoms with Crippen molar-refractivity contribution in [3.63, 3.8) is 0 Å². The van der Waals surface area contributed by atoms with Crippen LogP contribution in [0.3, 0.4) is 0 Å². The quantitative estimate of drug-likeness (QED) is 0.707. The molecule has 0 saturated carbocycles. The van der Waals surface area contributed by atoms with Gasteiger partial charge < -0.3 is 15.2 Å².